The lowest BCUT2D eigenvalue weighted by atomic mass is 10.1. The van der Waals surface area contributed by atoms with Crippen LogP contribution in [0.25, 0.3) is 0 Å². The number of benzene rings is 2. The molecule has 1 amide bonds. The number of carbonyl (C=O) groups is 1. The standard InChI is InChI=1S/C16H18N2O2/c1-10-4-6-13(8-11(10)2)18-16(19)14-9-12(17)5-7-15(14)20-3/h4-9H,17H2,1-3H3,(H,18,19). The maximum Gasteiger partial charge on any atom is 0.259 e. The molecule has 0 saturated carbocycles. The van der Waals surface area contributed by atoms with Gasteiger partial charge in [-0.15, -0.1) is 0 Å². The van der Waals surface area contributed by atoms with Gasteiger partial charge in [0, 0.05) is 11.4 Å². The van der Waals surface area contributed by atoms with Gasteiger partial charge in [-0.2, -0.15) is 0 Å². The second-order valence-corrected chi connectivity index (χ2v) is 4.71. The molecule has 2 rings (SSSR count). The highest BCUT2D eigenvalue weighted by molar-refractivity contribution is 6.06. The van der Waals surface area contributed by atoms with Gasteiger partial charge in [0.1, 0.15) is 5.75 Å². The molecule has 0 heterocycles. The Bertz CT molecular complexity index is 651. The molecule has 0 aromatic heterocycles. The first-order chi connectivity index (χ1) is 9.51. The summed E-state index contributed by atoms with van der Waals surface area (Å²) in [6.07, 6.45) is 0. The predicted molar refractivity (Wildman–Crippen MR) is 81.3 cm³/mol. The fourth-order valence-corrected chi connectivity index (χ4v) is 1.92. The summed E-state index contributed by atoms with van der Waals surface area (Å²) in [5.74, 6) is 0.262. The van der Waals surface area contributed by atoms with Crippen molar-refractivity contribution in [1.29, 1.82) is 0 Å². The number of amides is 1. The molecule has 0 fully saturated rings. The minimum Gasteiger partial charge on any atom is -0.496 e. The molecule has 104 valence electrons. The van der Waals surface area contributed by atoms with Gasteiger partial charge in [0.15, 0.2) is 0 Å². The molecule has 0 aliphatic heterocycles. The summed E-state index contributed by atoms with van der Waals surface area (Å²) >= 11 is 0. The molecule has 20 heavy (non-hydrogen) atoms. The molecule has 0 aliphatic carbocycles. The van der Waals surface area contributed by atoms with Gasteiger partial charge in [-0.3, -0.25) is 4.79 Å². The highest BCUT2D eigenvalue weighted by Gasteiger charge is 2.13. The number of aryl methyl sites for hydroxylation is 2. The maximum absolute atomic E-state index is 12.3. The van der Waals surface area contributed by atoms with E-state index in [1.807, 2.05) is 32.0 Å². The van der Waals surface area contributed by atoms with Gasteiger partial charge < -0.3 is 15.8 Å². The van der Waals surface area contributed by atoms with Crippen molar-refractivity contribution in [2.24, 2.45) is 0 Å². The van der Waals surface area contributed by atoms with E-state index in [2.05, 4.69) is 5.32 Å². The van der Waals surface area contributed by atoms with Crippen LogP contribution in [0, 0.1) is 13.8 Å². The van der Waals surface area contributed by atoms with E-state index in [9.17, 15) is 4.79 Å². The molecule has 0 spiro atoms. The summed E-state index contributed by atoms with van der Waals surface area (Å²) in [4.78, 5) is 12.3. The lowest BCUT2D eigenvalue weighted by Crippen LogP contribution is -2.13. The van der Waals surface area contributed by atoms with E-state index in [1.165, 1.54) is 12.7 Å². The first-order valence-electron chi connectivity index (χ1n) is 6.33. The molecule has 0 bridgehead atoms. The lowest BCUT2D eigenvalue weighted by molar-refractivity contribution is 0.102. The van der Waals surface area contributed by atoms with Crippen molar-refractivity contribution in [1.82, 2.24) is 0 Å². The van der Waals surface area contributed by atoms with Crippen LogP contribution in [0.15, 0.2) is 36.4 Å². The Morgan fingerprint density at radius 3 is 2.50 bits per heavy atom. The van der Waals surface area contributed by atoms with Gasteiger partial charge in [-0.05, 0) is 55.3 Å². The summed E-state index contributed by atoms with van der Waals surface area (Å²) in [5, 5.41) is 2.85. The van der Waals surface area contributed by atoms with E-state index < -0.39 is 0 Å². The zero-order valence-corrected chi connectivity index (χ0v) is 11.9. The molecule has 4 heteroatoms. The zero-order chi connectivity index (χ0) is 14.7. The Balaban J connectivity index is 2.27. The molecule has 4 nitrogen and oxygen atoms in total. The molecule has 3 N–H and O–H groups in total. The summed E-state index contributed by atoms with van der Waals surface area (Å²) in [5.41, 5.74) is 9.73. The second-order valence-electron chi connectivity index (χ2n) is 4.71. The minimum absolute atomic E-state index is 0.239. The van der Waals surface area contributed by atoms with Crippen molar-refractivity contribution in [2.45, 2.75) is 13.8 Å². The molecule has 0 atom stereocenters. The molecular weight excluding hydrogens is 252 g/mol. The highest BCUT2D eigenvalue weighted by Crippen LogP contribution is 2.23. The average molecular weight is 270 g/mol. The number of anilines is 2. The van der Waals surface area contributed by atoms with Gasteiger partial charge in [0.05, 0.1) is 12.7 Å². The Kier molecular flexibility index (Phi) is 3.94. The highest BCUT2D eigenvalue weighted by atomic mass is 16.5. The van der Waals surface area contributed by atoms with Crippen LogP contribution < -0.4 is 15.8 Å². The molecule has 2 aromatic carbocycles. The number of nitrogens with one attached hydrogen (secondary N) is 1. The Morgan fingerprint density at radius 1 is 1.10 bits per heavy atom. The largest absolute Gasteiger partial charge is 0.496 e. The Labute approximate surface area is 118 Å². The van der Waals surface area contributed by atoms with Gasteiger partial charge in [-0.1, -0.05) is 6.07 Å². The van der Waals surface area contributed by atoms with E-state index in [-0.39, 0.29) is 5.91 Å². The van der Waals surface area contributed by atoms with E-state index in [1.54, 1.807) is 18.2 Å². The van der Waals surface area contributed by atoms with Crippen molar-refractivity contribution >= 4 is 17.3 Å². The van der Waals surface area contributed by atoms with Crippen LogP contribution >= 0.6 is 0 Å². The molecule has 0 radical (unpaired) electrons. The average Bonchev–Trinajstić information content (AvgIpc) is 2.43. The van der Waals surface area contributed by atoms with Crippen LogP contribution in [0.5, 0.6) is 5.75 Å². The van der Waals surface area contributed by atoms with Crippen LogP contribution in [0.1, 0.15) is 21.5 Å². The number of carbonyl (C=O) groups excluding carboxylic acids is 1. The summed E-state index contributed by atoms with van der Waals surface area (Å²) in [6, 6.07) is 10.8. The first kappa shape index (κ1) is 13.9. The minimum atomic E-state index is -0.239. The molecule has 0 saturated heterocycles. The normalized spacial score (nSPS) is 10.2. The van der Waals surface area contributed by atoms with Crippen molar-refractivity contribution in [3.8, 4) is 5.75 Å². The quantitative estimate of drug-likeness (QED) is 0.842. The molecular formula is C16H18N2O2. The summed E-state index contributed by atoms with van der Waals surface area (Å²) in [7, 11) is 1.53. The van der Waals surface area contributed by atoms with Crippen LogP contribution in [-0.4, -0.2) is 13.0 Å². The van der Waals surface area contributed by atoms with Gasteiger partial charge in [-0.25, -0.2) is 0 Å². The van der Waals surface area contributed by atoms with Crippen molar-refractivity contribution in [2.75, 3.05) is 18.2 Å². The fraction of sp³-hybridized carbons (Fsp3) is 0.188. The smallest absolute Gasteiger partial charge is 0.259 e. The monoisotopic (exact) mass is 270 g/mol. The molecule has 0 aliphatic rings. The first-order valence-corrected chi connectivity index (χ1v) is 6.33. The van der Waals surface area contributed by atoms with Gasteiger partial charge >= 0.3 is 0 Å². The number of ether oxygens (including phenoxy) is 1. The van der Waals surface area contributed by atoms with Crippen LogP contribution in [-0.2, 0) is 0 Å². The summed E-state index contributed by atoms with van der Waals surface area (Å²) in [6.45, 7) is 4.04. The van der Waals surface area contributed by atoms with Crippen molar-refractivity contribution in [3.63, 3.8) is 0 Å². The van der Waals surface area contributed by atoms with Gasteiger partial charge in [0.25, 0.3) is 5.91 Å². The van der Waals surface area contributed by atoms with Crippen LogP contribution in [0.4, 0.5) is 11.4 Å². The van der Waals surface area contributed by atoms with Gasteiger partial charge in [0.2, 0.25) is 0 Å². The Hall–Kier alpha value is -2.49. The van der Waals surface area contributed by atoms with E-state index in [4.69, 9.17) is 10.5 Å². The number of nitrogens with two attached hydrogens (primary N) is 1. The third kappa shape index (κ3) is 2.91. The summed E-state index contributed by atoms with van der Waals surface area (Å²) < 4.78 is 5.19. The molecule has 0 unspecified atom stereocenters. The number of rotatable bonds is 3. The van der Waals surface area contributed by atoms with Crippen LogP contribution in [0.3, 0.4) is 0 Å². The number of hydrogen-bond acceptors (Lipinski definition) is 3. The predicted octanol–water partition coefficient (Wildman–Crippen LogP) is 3.15. The van der Waals surface area contributed by atoms with E-state index in [0.29, 0.717) is 17.0 Å². The third-order valence-corrected chi connectivity index (χ3v) is 3.23. The number of nitrogen functional groups attached to an aromatic ring is 1. The van der Waals surface area contributed by atoms with E-state index in [0.717, 1.165) is 11.3 Å². The zero-order valence-electron chi connectivity index (χ0n) is 11.9. The number of hydrogen-bond donors (Lipinski definition) is 2. The SMILES string of the molecule is COc1ccc(N)cc1C(=O)Nc1ccc(C)c(C)c1. The Morgan fingerprint density at radius 2 is 1.85 bits per heavy atom. The van der Waals surface area contributed by atoms with Crippen molar-refractivity contribution in [3.05, 3.63) is 53.1 Å². The second kappa shape index (κ2) is 5.65. The van der Waals surface area contributed by atoms with Crippen molar-refractivity contribution < 1.29 is 9.53 Å². The topological polar surface area (TPSA) is 64.3 Å². The van der Waals surface area contributed by atoms with Crippen LogP contribution in [0.2, 0.25) is 0 Å². The third-order valence-electron chi connectivity index (χ3n) is 3.23. The van der Waals surface area contributed by atoms with E-state index >= 15 is 0 Å². The fourth-order valence-electron chi connectivity index (χ4n) is 1.92. The lowest BCUT2D eigenvalue weighted by Gasteiger charge is -2.11. The maximum atomic E-state index is 12.3. The molecule has 2 aromatic rings. The number of methoxy groups -OCH3 is 1.